The number of piperazine rings is 1. The number of anilines is 1. The van der Waals surface area contributed by atoms with E-state index in [1.54, 1.807) is 0 Å². The number of hydrogen-bond acceptors (Lipinski definition) is 5. The Morgan fingerprint density at radius 1 is 1.38 bits per heavy atom. The van der Waals surface area contributed by atoms with Gasteiger partial charge in [-0.05, 0) is 46.2 Å². The molecule has 0 radical (unpaired) electrons. The highest BCUT2D eigenvalue weighted by Crippen LogP contribution is 2.32. The van der Waals surface area contributed by atoms with Crippen LogP contribution >= 0.6 is 11.3 Å². The summed E-state index contributed by atoms with van der Waals surface area (Å²) < 4.78 is 0. The Balaban J connectivity index is 1.69. The third kappa shape index (κ3) is 3.25. The van der Waals surface area contributed by atoms with Crippen LogP contribution in [0.1, 0.15) is 43.7 Å². The summed E-state index contributed by atoms with van der Waals surface area (Å²) in [4.78, 5) is 11.5. The molecule has 3 heterocycles. The van der Waals surface area contributed by atoms with E-state index in [1.165, 1.54) is 48.1 Å². The molecule has 0 aromatic carbocycles. The van der Waals surface area contributed by atoms with Crippen LogP contribution in [-0.2, 0) is 6.54 Å². The first-order chi connectivity index (χ1) is 10.2. The molecule has 2 fully saturated rings. The molecule has 2 atom stereocenters. The SMILES string of the molecule is CCCNCc1sc(N2CC3CCCN3CC2C)nc1C. The number of aryl methyl sites for hydroxylation is 1. The molecule has 1 aromatic heterocycles. The highest BCUT2D eigenvalue weighted by atomic mass is 32.1. The zero-order valence-electron chi connectivity index (χ0n) is 13.6. The first kappa shape index (κ1) is 15.3. The van der Waals surface area contributed by atoms with Crippen molar-refractivity contribution in [3.05, 3.63) is 10.6 Å². The van der Waals surface area contributed by atoms with Gasteiger partial charge >= 0.3 is 0 Å². The lowest BCUT2D eigenvalue weighted by molar-refractivity contribution is 0.203. The Bertz CT molecular complexity index is 473. The van der Waals surface area contributed by atoms with Gasteiger partial charge in [0.2, 0.25) is 0 Å². The minimum atomic E-state index is 0.585. The van der Waals surface area contributed by atoms with Gasteiger partial charge in [-0.25, -0.2) is 4.98 Å². The lowest BCUT2D eigenvalue weighted by atomic mass is 10.1. The normalized spacial score (nSPS) is 26.3. The van der Waals surface area contributed by atoms with E-state index in [1.807, 2.05) is 11.3 Å². The minimum absolute atomic E-state index is 0.585. The average molecular weight is 308 g/mol. The van der Waals surface area contributed by atoms with Crippen LogP contribution in [0.15, 0.2) is 0 Å². The van der Waals surface area contributed by atoms with E-state index >= 15 is 0 Å². The molecule has 3 rings (SSSR count). The maximum Gasteiger partial charge on any atom is 0.186 e. The second-order valence-corrected chi connectivity index (χ2v) is 7.54. The zero-order chi connectivity index (χ0) is 14.8. The van der Waals surface area contributed by atoms with Gasteiger partial charge in [0.1, 0.15) is 0 Å². The number of fused-ring (bicyclic) bond motifs is 1. The number of hydrogen-bond donors (Lipinski definition) is 1. The number of rotatable bonds is 5. The average Bonchev–Trinajstić information content (AvgIpc) is 3.05. The lowest BCUT2D eigenvalue weighted by Gasteiger charge is -2.42. The van der Waals surface area contributed by atoms with Crippen LogP contribution in [0, 0.1) is 6.92 Å². The zero-order valence-corrected chi connectivity index (χ0v) is 14.4. The van der Waals surface area contributed by atoms with E-state index < -0.39 is 0 Å². The highest BCUT2D eigenvalue weighted by molar-refractivity contribution is 7.15. The predicted octanol–water partition coefficient (Wildman–Crippen LogP) is 2.62. The summed E-state index contributed by atoms with van der Waals surface area (Å²) in [5.41, 5.74) is 1.21. The standard InChI is InChI=1S/C16H28N4S/c1-4-7-17-9-15-13(3)18-16(21-15)20-11-14-6-5-8-19(14)10-12(20)2/h12,14,17H,4-11H2,1-3H3. The molecule has 0 aliphatic carbocycles. The quantitative estimate of drug-likeness (QED) is 0.847. The molecule has 2 unspecified atom stereocenters. The van der Waals surface area contributed by atoms with E-state index in [2.05, 4.69) is 35.9 Å². The second kappa shape index (κ2) is 6.63. The molecule has 1 aromatic rings. The Morgan fingerprint density at radius 2 is 2.24 bits per heavy atom. The topological polar surface area (TPSA) is 31.4 Å². The number of aromatic nitrogens is 1. The fraction of sp³-hybridized carbons (Fsp3) is 0.812. The van der Waals surface area contributed by atoms with Crippen LogP contribution in [0.4, 0.5) is 5.13 Å². The molecule has 2 aliphatic rings. The predicted molar refractivity (Wildman–Crippen MR) is 90.3 cm³/mol. The van der Waals surface area contributed by atoms with Crippen LogP contribution in [0.3, 0.4) is 0 Å². The van der Waals surface area contributed by atoms with Crippen LogP contribution in [0.5, 0.6) is 0 Å². The van der Waals surface area contributed by atoms with Crippen molar-refractivity contribution in [2.24, 2.45) is 0 Å². The molecule has 0 spiro atoms. The van der Waals surface area contributed by atoms with Crippen molar-refractivity contribution in [3.8, 4) is 0 Å². The summed E-state index contributed by atoms with van der Waals surface area (Å²) in [6.07, 6.45) is 3.91. The minimum Gasteiger partial charge on any atom is -0.343 e. The van der Waals surface area contributed by atoms with Crippen LogP contribution in [0.25, 0.3) is 0 Å². The summed E-state index contributed by atoms with van der Waals surface area (Å²) in [6.45, 7) is 12.4. The van der Waals surface area contributed by atoms with E-state index in [0.717, 1.165) is 25.7 Å². The van der Waals surface area contributed by atoms with E-state index in [9.17, 15) is 0 Å². The molecular formula is C16H28N4S. The third-order valence-corrected chi connectivity index (χ3v) is 5.97. The molecule has 2 saturated heterocycles. The van der Waals surface area contributed by atoms with Gasteiger partial charge in [-0.2, -0.15) is 0 Å². The lowest BCUT2D eigenvalue weighted by Crippen LogP contribution is -2.55. The third-order valence-electron chi connectivity index (χ3n) is 4.78. The number of nitrogens with zero attached hydrogens (tertiary/aromatic N) is 3. The van der Waals surface area contributed by atoms with E-state index in [0.29, 0.717) is 6.04 Å². The fourth-order valence-electron chi connectivity index (χ4n) is 3.53. The van der Waals surface area contributed by atoms with E-state index in [-0.39, 0.29) is 0 Å². The molecule has 21 heavy (non-hydrogen) atoms. The first-order valence-corrected chi connectivity index (χ1v) is 9.18. The summed E-state index contributed by atoms with van der Waals surface area (Å²) in [5.74, 6) is 0. The van der Waals surface area contributed by atoms with Crippen molar-refractivity contribution in [1.82, 2.24) is 15.2 Å². The molecule has 5 heteroatoms. The molecule has 0 bridgehead atoms. The maximum absolute atomic E-state index is 4.86. The van der Waals surface area contributed by atoms with Crippen LogP contribution in [0.2, 0.25) is 0 Å². The van der Waals surface area contributed by atoms with Crippen molar-refractivity contribution in [3.63, 3.8) is 0 Å². The van der Waals surface area contributed by atoms with Gasteiger partial charge in [-0.1, -0.05) is 6.92 Å². The van der Waals surface area contributed by atoms with Crippen molar-refractivity contribution in [2.45, 2.75) is 58.7 Å². The van der Waals surface area contributed by atoms with Crippen molar-refractivity contribution in [1.29, 1.82) is 0 Å². The molecule has 2 aliphatic heterocycles. The Morgan fingerprint density at radius 3 is 3.05 bits per heavy atom. The highest BCUT2D eigenvalue weighted by Gasteiger charge is 2.35. The Kier molecular flexibility index (Phi) is 4.82. The van der Waals surface area contributed by atoms with Crippen molar-refractivity contribution in [2.75, 3.05) is 31.1 Å². The Labute approximate surface area is 132 Å². The van der Waals surface area contributed by atoms with Gasteiger partial charge in [0.25, 0.3) is 0 Å². The first-order valence-electron chi connectivity index (χ1n) is 8.36. The molecular weight excluding hydrogens is 280 g/mol. The number of thiazole rings is 1. The van der Waals surface area contributed by atoms with Gasteiger partial charge in [0.15, 0.2) is 5.13 Å². The van der Waals surface area contributed by atoms with Crippen molar-refractivity contribution < 1.29 is 0 Å². The molecule has 118 valence electrons. The van der Waals surface area contributed by atoms with Gasteiger partial charge in [-0.15, -0.1) is 11.3 Å². The monoisotopic (exact) mass is 308 g/mol. The second-order valence-electron chi connectivity index (χ2n) is 6.47. The molecule has 0 saturated carbocycles. The van der Waals surface area contributed by atoms with Crippen LogP contribution < -0.4 is 10.2 Å². The summed E-state index contributed by atoms with van der Waals surface area (Å²) >= 11 is 1.89. The van der Waals surface area contributed by atoms with Gasteiger partial charge in [-0.3, -0.25) is 4.90 Å². The maximum atomic E-state index is 4.86. The van der Waals surface area contributed by atoms with Gasteiger partial charge in [0, 0.05) is 36.6 Å². The molecule has 4 nitrogen and oxygen atoms in total. The number of nitrogens with one attached hydrogen (secondary N) is 1. The van der Waals surface area contributed by atoms with E-state index in [4.69, 9.17) is 4.98 Å². The summed E-state index contributed by atoms with van der Waals surface area (Å²) in [7, 11) is 0. The van der Waals surface area contributed by atoms with Crippen LogP contribution in [-0.4, -0.2) is 48.1 Å². The fourth-order valence-corrected chi connectivity index (χ4v) is 4.67. The van der Waals surface area contributed by atoms with Crippen molar-refractivity contribution >= 4 is 16.5 Å². The van der Waals surface area contributed by atoms with Gasteiger partial charge < -0.3 is 10.2 Å². The van der Waals surface area contributed by atoms with Gasteiger partial charge in [0.05, 0.1) is 5.69 Å². The summed E-state index contributed by atoms with van der Waals surface area (Å²) in [6, 6.07) is 1.34. The smallest absolute Gasteiger partial charge is 0.186 e. The molecule has 1 N–H and O–H groups in total. The summed E-state index contributed by atoms with van der Waals surface area (Å²) in [5, 5.41) is 4.74. The Hall–Kier alpha value is -0.650. The largest absolute Gasteiger partial charge is 0.343 e. The molecule has 0 amide bonds.